The Bertz CT molecular complexity index is 1350. The lowest BCUT2D eigenvalue weighted by molar-refractivity contribution is -0.329. The molecule has 2 aliphatic heterocycles. The SMILES string of the molecule is C=C1CCC2[C@](C)(CC[C@@H](OC3OC(CO)C(O)C(O)C3O)[C@@]2(C)CO)C1C=CC1=CC(=Cc2ccc(N(C)C)cc2)OC1=O. The third-order valence-electron chi connectivity index (χ3n) is 10.6. The van der Waals surface area contributed by atoms with Crippen molar-refractivity contribution in [2.45, 2.75) is 76.3 Å². The molecule has 0 spiro atoms. The normalized spacial score (nSPS) is 39.6. The monoisotopic (exact) mass is 625 g/mol. The number of carbonyl (C=O) groups excluding carboxylic acids is 1. The summed E-state index contributed by atoms with van der Waals surface area (Å²) in [5, 5.41) is 51.5. The van der Waals surface area contributed by atoms with E-state index < -0.39 is 54.8 Å². The summed E-state index contributed by atoms with van der Waals surface area (Å²) in [4.78, 5) is 14.8. The topological polar surface area (TPSA) is 149 Å². The number of aliphatic hydroxyl groups is 5. The number of ether oxygens (including phenoxy) is 3. The number of hydrogen-bond acceptors (Lipinski definition) is 10. The molecule has 0 amide bonds. The number of allylic oxidation sites excluding steroid dienone is 3. The van der Waals surface area contributed by atoms with Gasteiger partial charge in [0.25, 0.3) is 0 Å². The highest BCUT2D eigenvalue weighted by molar-refractivity contribution is 5.96. The van der Waals surface area contributed by atoms with Gasteiger partial charge in [-0.1, -0.05) is 50.3 Å². The number of aliphatic hydroxyl groups excluding tert-OH is 5. The molecule has 5 N–H and O–H groups in total. The largest absolute Gasteiger partial charge is 0.423 e. The van der Waals surface area contributed by atoms with Crippen LogP contribution in [0.1, 0.15) is 45.1 Å². The molecular formula is C35H47NO9. The van der Waals surface area contributed by atoms with Crippen LogP contribution >= 0.6 is 0 Å². The van der Waals surface area contributed by atoms with E-state index in [1.807, 2.05) is 68.4 Å². The van der Waals surface area contributed by atoms with Gasteiger partial charge in [0, 0.05) is 31.1 Å². The fraction of sp³-hybridized carbons (Fsp3) is 0.571. The van der Waals surface area contributed by atoms with E-state index in [1.54, 1.807) is 6.08 Å². The Morgan fingerprint density at radius 2 is 1.78 bits per heavy atom. The smallest absolute Gasteiger partial charge is 0.343 e. The molecular weight excluding hydrogens is 578 g/mol. The molecule has 1 saturated heterocycles. The Balaban J connectivity index is 1.34. The van der Waals surface area contributed by atoms with Crippen LogP contribution in [0.3, 0.4) is 0 Å². The van der Waals surface area contributed by atoms with E-state index in [1.165, 1.54) is 0 Å². The van der Waals surface area contributed by atoms with Crippen molar-refractivity contribution in [3.05, 3.63) is 71.5 Å². The first-order chi connectivity index (χ1) is 21.3. The third-order valence-corrected chi connectivity index (χ3v) is 10.6. The molecule has 0 bridgehead atoms. The predicted octanol–water partition coefficient (Wildman–Crippen LogP) is 2.70. The summed E-state index contributed by atoms with van der Waals surface area (Å²) in [6.45, 7) is 7.83. The molecule has 0 radical (unpaired) electrons. The van der Waals surface area contributed by atoms with Crippen LogP contribution in [0.5, 0.6) is 0 Å². The molecule has 2 heterocycles. The second-order valence-electron chi connectivity index (χ2n) is 13.6. The van der Waals surface area contributed by atoms with Gasteiger partial charge >= 0.3 is 5.97 Å². The molecule has 10 nitrogen and oxygen atoms in total. The highest BCUT2D eigenvalue weighted by Gasteiger charge is 2.59. The van der Waals surface area contributed by atoms with Crippen molar-refractivity contribution in [3.63, 3.8) is 0 Å². The van der Waals surface area contributed by atoms with Gasteiger partial charge in [-0.05, 0) is 66.9 Å². The van der Waals surface area contributed by atoms with Gasteiger partial charge in [-0.3, -0.25) is 0 Å². The van der Waals surface area contributed by atoms with Gasteiger partial charge in [-0.25, -0.2) is 4.79 Å². The molecule has 1 aromatic carbocycles. The maximum Gasteiger partial charge on any atom is 0.343 e. The van der Waals surface area contributed by atoms with Gasteiger partial charge in [0.2, 0.25) is 0 Å². The summed E-state index contributed by atoms with van der Waals surface area (Å²) in [6, 6.07) is 7.95. The van der Waals surface area contributed by atoms with Crippen molar-refractivity contribution in [2.75, 3.05) is 32.2 Å². The van der Waals surface area contributed by atoms with E-state index in [-0.39, 0.29) is 23.9 Å². The lowest BCUT2D eigenvalue weighted by Crippen LogP contribution is -2.63. The minimum Gasteiger partial charge on any atom is -0.423 e. The number of anilines is 1. The molecule has 246 valence electrons. The average molecular weight is 626 g/mol. The number of esters is 1. The number of hydrogen-bond donors (Lipinski definition) is 5. The maximum absolute atomic E-state index is 12.8. The van der Waals surface area contributed by atoms with E-state index in [2.05, 4.69) is 13.5 Å². The second kappa shape index (κ2) is 13.1. The Labute approximate surface area is 264 Å². The molecule has 2 aliphatic carbocycles. The fourth-order valence-electron chi connectivity index (χ4n) is 7.87. The molecule has 10 atom stereocenters. The van der Waals surface area contributed by atoms with Crippen LogP contribution in [0, 0.1) is 22.7 Å². The van der Waals surface area contributed by atoms with Crippen LogP contribution in [0.25, 0.3) is 6.08 Å². The van der Waals surface area contributed by atoms with Crippen molar-refractivity contribution in [1.29, 1.82) is 0 Å². The molecule has 10 heteroatoms. The Morgan fingerprint density at radius 1 is 1.07 bits per heavy atom. The van der Waals surface area contributed by atoms with E-state index in [4.69, 9.17) is 14.2 Å². The maximum atomic E-state index is 12.8. The number of carbonyl (C=O) groups is 1. The van der Waals surface area contributed by atoms with Crippen molar-refractivity contribution < 1.29 is 44.5 Å². The number of rotatable bonds is 8. The molecule has 5 rings (SSSR count). The van der Waals surface area contributed by atoms with Gasteiger partial charge in [0.05, 0.1) is 24.9 Å². The van der Waals surface area contributed by atoms with E-state index in [0.717, 1.165) is 29.7 Å². The molecule has 0 aromatic heterocycles. The second-order valence-corrected chi connectivity index (χ2v) is 13.6. The zero-order chi connectivity index (χ0) is 32.7. The summed E-state index contributed by atoms with van der Waals surface area (Å²) in [5.41, 5.74) is 2.46. The molecule has 3 fully saturated rings. The molecule has 7 unspecified atom stereocenters. The summed E-state index contributed by atoms with van der Waals surface area (Å²) < 4.78 is 17.4. The third kappa shape index (κ3) is 6.30. The minimum atomic E-state index is -1.54. The van der Waals surface area contributed by atoms with Crippen LogP contribution in [-0.4, -0.2) is 95.6 Å². The Kier molecular flexibility index (Phi) is 9.77. The molecule has 4 aliphatic rings. The lowest BCUT2D eigenvalue weighted by Gasteiger charge is -2.60. The van der Waals surface area contributed by atoms with Gasteiger partial charge in [0.1, 0.15) is 30.2 Å². The van der Waals surface area contributed by atoms with Crippen LogP contribution < -0.4 is 4.90 Å². The number of cyclic esters (lactones) is 1. The van der Waals surface area contributed by atoms with Crippen LogP contribution in [0.4, 0.5) is 5.69 Å². The summed E-state index contributed by atoms with van der Waals surface area (Å²) >= 11 is 0. The van der Waals surface area contributed by atoms with Crippen molar-refractivity contribution in [1.82, 2.24) is 0 Å². The van der Waals surface area contributed by atoms with Crippen LogP contribution in [-0.2, 0) is 19.0 Å². The first-order valence-electron chi connectivity index (χ1n) is 15.7. The van der Waals surface area contributed by atoms with E-state index >= 15 is 0 Å². The van der Waals surface area contributed by atoms with Crippen molar-refractivity contribution in [2.24, 2.45) is 22.7 Å². The highest BCUT2D eigenvalue weighted by atomic mass is 16.7. The first-order valence-corrected chi connectivity index (χ1v) is 15.7. The van der Waals surface area contributed by atoms with Gasteiger partial charge < -0.3 is 44.6 Å². The average Bonchev–Trinajstić information content (AvgIpc) is 3.36. The highest BCUT2D eigenvalue weighted by Crippen LogP contribution is 2.62. The number of benzene rings is 1. The summed E-state index contributed by atoms with van der Waals surface area (Å²) in [5.74, 6) is -0.0237. The Morgan fingerprint density at radius 3 is 2.42 bits per heavy atom. The Hall–Kier alpha value is -2.83. The minimum absolute atomic E-state index is 0.0103. The van der Waals surface area contributed by atoms with Gasteiger partial charge in [-0.15, -0.1) is 0 Å². The van der Waals surface area contributed by atoms with Crippen molar-refractivity contribution >= 4 is 17.7 Å². The zero-order valence-corrected chi connectivity index (χ0v) is 26.5. The molecule has 1 aromatic rings. The summed E-state index contributed by atoms with van der Waals surface area (Å²) in [6.07, 6.45) is 2.75. The van der Waals surface area contributed by atoms with E-state index in [0.29, 0.717) is 24.2 Å². The van der Waals surface area contributed by atoms with Gasteiger partial charge in [0.15, 0.2) is 6.29 Å². The first kappa shape index (κ1) is 33.5. The number of nitrogens with zero attached hydrogens (tertiary/aromatic N) is 1. The zero-order valence-electron chi connectivity index (χ0n) is 26.5. The fourth-order valence-corrected chi connectivity index (χ4v) is 7.87. The molecule has 2 saturated carbocycles. The standard InChI is InChI=1S/C35H47NO9/c1-20-6-13-27-34(2,15-14-28(35(27,3)19-38)45-33-31(41)30(40)29(39)26(18-37)44-33)25(20)12-9-22-17-24(43-32(22)42)16-21-7-10-23(11-8-21)36(4)5/h7-12,16-17,25-31,33,37-41H,1,6,13-15,18-19H2,2-5H3/t25?,26?,27?,28-,29?,30?,31?,33?,34-,35+/m1/s1. The van der Waals surface area contributed by atoms with Crippen LogP contribution in [0.2, 0.25) is 0 Å². The predicted molar refractivity (Wildman–Crippen MR) is 169 cm³/mol. The number of fused-ring (bicyclic) bond motifs is 1. The van der Waals surface area contributed by atoms with Gasteiger partial charge in [-0.2, -0.15) is 0 Å². The van der Waals surface area contributed by atoms with Crippen molar-refractivity contribution in [3.8, 4) is 0 Å². The van der Waals surface area contributed by atoms with Crippen LogP contribution in [0.15, 0.2) is 66.0 Å². The summed E-state index contributed by atoms with van der Waals surface area (Å²) in [7, 11) is 3.95. The quantitative estimate of drug-likeness (QED) is 0.166. The molecule has 45 heavy (non-hydrogen) atoms. The lowest BCUT2D eigenvalue weighted by atomic mass is 9.46. The van der Waals surface area contributed by atoms with E-state index in [9.17, 15) is 30.3 Å².